The smallest absolute Gasteiger partial charge is 0.107 e. The molecule has 84 valence electrons. The van der Waals surface area contributed by atoms with Crippen LogP contribution < -0.4 is 5.73 Å². The van der Waals surface area contributed by atoms with Crippen molar-refractivity contribution in [2.24, 2.45) is 5.73 Å². The SMILES string of the molecule is CCc1[nH]c(CCN)nc1C1CCCC1. The Balaban J connectivity index is 2.19. The number of nitrogens with zero attached hydrogens (tertiary/aromatic N) is 1. The van der Waals surface area contributed by atoms with Crippen LogP contribution in [0.3, 0.4) is 0 Å². The van der Waals surface area contributed by atoms with Crippen LogP contribution in [0.5, 0.6) is 0 Å². The zero-order valence-electron chi connectivity index (χ0n) is 9.55. The summed E-state index contributed by atoms with van der Waals surface area (Å²) in [7, 11) is 0. The molecule has 1 aliphatic rings. The normalized spacial score (nSPS) is 17.5. The van der Waals surface area contributed by atoms with Crippen LogP contribution in [0.1, 0.15) is 55.7 Å². The first kappa shape index (κ1) is 10.7. The van der Waals surface area contributed by atoms with Gasteiger partial charge in [-0.15, -0.1) is 0 Å². The van der Waals surface area contributed by atoms with E-state index in [-0.39, 0.29) is 0 Å². The zero-order valence-corrected chi connectivity index (χ0v) is 9.55. The number of nitrogens with one attached hydrogen (secondary N) is 1. The van der Waals surface area contributed by atoms with Gasteiger partial charge in [0.1, 0.15) is 5.82 Å². The highest BCUT2D eigenvalue weighted by Crippen LogP contribution is 2.34. The fourth-order valence-corrected chi connectivity index (χ4v) is 2.54. The van der Waals surface area contributed by atoms with Crippen molar-refractivity contribution in [3.05, 3.63) is 17.2 Å². The van der Waals surface area contributed by atoms with Gasteiger partial charge in [-0.2, -0.15) is 0 Å². The molecule has 3 heteroatoms. The molecule has 1 saturated carbocycles. The molecular weight excluding hydrogens is 186 g/mol. The lowest BCUT2D eigenvalue weighted by Gasteiger charge is -2.06. The average molecular weight is 207 g/mol. The van der Waals surface area contributed by atoms with E-state index in [4.69, 9.17) is 10.7 Å². The van der Waals surface area contributed by atoms with Gasteiger partial charge in [-0.05, 0) is 25.8 Å². The number of rotatable bonds is 4. The van der Waals surface area contributed by atoms with Gasteiger partial charge in [-0.25, -0.2) is 4.98 Å². The Morgan fingerprint density at radius 3 is 2.73 bits per heavy atom. The first-order valence-electron chi connectivity index (χ1n) is 6.12. The fourth-order valence-electron chi connectivity index (χ4n) is 2.54. The minimum absolute atomic E-state index is 0.681. The first-order valence-corrected chi connectivity index (χ1v) is 6.12. The molecular formula is C12H21N3. The molecule has 0 radical (unpaired) electrons. The van der Waals surface area contributed by atoms with Gasteiger partial charge in [0.2, 0.25) is 0 Å². The third-order valence-corrected chi connectivity index (χ3v) is 3.34. The van der Waals surface area contributed by atoms with Crippen molar-refractivity contribution >= 4 is 0 Å². The predicted molar refractivity (Wildman–Crippen MR) is 61.9 cm³/mol. The van der Waals surface area contributed by atoms with E-state index in [0.29, 0.717) is 12.5 Å². The molecule has 0 aliphatic heterocycles. The highest BCUT2D eigenvalue weighted by Gasteiger charge is 2.22. The van der Waals surface area contributed by atoms with E-state index in [1.54, 1.807) is 0 Å². The lowest BCUT2D eigenvalue weighted by atomic mass is 10.0. The van der Waals surface area contributed by atoms with E-state index in [2.05, 4.69) is 11.9 Å². The maximum Gasteiger partial charge on any atom is 0.107 e. The summed E-state index contributed by atoms with van der Waals surface area (Å²) in [4.78, 5) is 8.14. The van der Waals surface area contributed by atoms with E-state index in [9.17, 15) is 0 Å². The number of aryl methyl sites for hydroxylation is 1. The van der Waals surface area contributed by atoms with Crippen molar-refractivity contribution < 1.29 is 0 Å². The number of imidazole rings is 1. The summed E-state index contributed by atoms with van der Waals surface area (Å²) in [5, 5.41) is 0. The highest BCUT2D eigenvalue weighted by atomic mass is 14.9. The Morgan fingerprint density at radius 2 is 2.13 bits per heavy atom. The molecule has 1 heterocycles. The number of hydrogen-bond acceptors (Lipinski definition) is 2. The Labute approximate surface area is 91.5 Å². The lowest BCUT2D eigenvalue weighted by Crippen LogP contribution is -2.04. The van der Waals surface area contributed by atoms with Crippen molar-refractivity contribution in [3.63, 3.8) is 0 Å². The summed E-state index contributed by atoms with van der Waals surface area (Å²) in [6, 6.07) is 0. The van der Waals surface area contributed by atoms with Crippen LogP contribution in [-0.4, -0.2) is 16.5 Å². The summed E-state index contributed by atoms with van der Waals surface area (Å²) in [5.74, 6) is 1.79. The van der Waals surface area contributed by atoms with Crippen molar-refractivity contribution in [1.82, 2.24) is 9.97 Å². The second-order valence-electron chi connectivity index (χ2n) is 4.42. The monoisotopic (exact) mass is 207 g/mol. The summed E-state index contributed by atoms with van der Waals surface area (Å²) in [6.07, 6.45) is 7.31. The minimum Gasteiger partial charge on any atom is -0.346 e. The molecule has 3 nitrogen and oxygen atoms in total. The van der Waals surface area contributed by atoms with E-state index < -0.39 is 0 Å². The van der Waals surface area contributed by atoms with E-state index in [0.717, 1.165) is 18.7 Å². The van der Waals surface area contributed by atoms with E-state index >= 15 is 0 Å². The van der Waals surface area contributed by atoms with Crippen molar-refractivity contribution in [2.45, 2.75) is 51.4 Å². The summed E-state index contributed by atoms with van der Waals surface area (Å²) < 4.78 is 0. The van der Waals surface area contributed by atoms with Crippen LogP contribution in [0.2, 0.25) is 0 Å². The van der Waals surface area contributed by atoms with E-state index in [1.807, 2.05) is 0 Å². The molecule has 1 aromatic rings. The Morgan fingerprint density at radius 1 is 1.40 bits per heavy atom. The third kappa shape index (κ3) is 2.23. The molecule has 0 spiro atoms. The van der Waals surface area contributed by atoms with Crippen molar-refractivity contribution in [3.8, 4) is 0 Å². The van der Waals surface area contributed by atoms with Gasteiger partial charge >= 0.3 is 0 Å². The minimum atomic E-state index is 0.681. The lowest BCUT2D eigenvalue weighted by molar-refractivity contribution is 0.689. The van der Waals surface area contributed by atoms with Crippen molar-refractivity contribution in [2.75, 3.05) is 6.54 Å². The molecule has 15 heavy (non-hydrogen) atoms. The maximum atomic E-state index is 5.55. The quantitative estimate of drug-likeness (QED) is 0.794. The first-order chi connectivity index (χ1) is 7.35. The van der Waals surface area contributed by atoms with Crippen LogP contribution in [0.15, 0.2) is 0 Å². The summed E-state index contributed by atoms with van der Waals surface area (Å²) >= 11 is 0. The molecule has 0 amide bonds. The van der Waals surface area contributed by atoms with Crippen LogP contribution >= 0.6 is 0 Å². The highest BCUT2D eigenvalue weighted by molar-refractivity contribution is 5.20. The van der Waals surface area contributed by atoms with Crippen LogP contribution in [0.4, 0.5) is 0 Å². The standard InChI is InChI=1S/C12H21N3/c1-2-10-12(9-5-3-4-6-9)15-11(14-10)7-8-13/h9H,2-8,13H2,1H3,(H,14,15). The van der Waals surface area contributed by atoms with Gasteiger partial charge in [-0.3, -0.25) is 0 Å². The van der Waals surface area contributed by atoms with Gasteiger partial charge in [0.25, 0.3) is 0 Å². The van der Waals surface area contributed by atoms with Gasteiger partial charge in [-0.1, -0.05) is 19.8 Å². The fraction of sp³-hybridized carbons (Fsp3) is 0.750. The van der Waals surface area contributed by atoms with Gasteiger partial charge in [0.15, 0.2) is 0 Å². The summed E-state index contributed by atoms with van der Waals surface area (Å²) in [6.45, 7) is 2.87. The predicted octanol–water partition coefficient (Wildman–Crippen LogP) is 2.13. The Hall–Kier alpha value is -0.830. The molecule has 0 bridgehead atoms. The molecule has 0 unspecified atom stereocenters. The molecule has 1 aromatic heterocycles. The third-order valence-electron chi connectivity index (χ3n) is 3.34. The topological polar surface area (TPSA) is 54.7 Å². The van der Waals surface area contributed by atoms with E-state index in [1.165, 1.54) is 37.1 Å². The molecule has 3 N–H and O–H groups in total. The van der Waals surface area contributed by atoms with Gasteiger partial charge in [0, 0.05) is 18.0 Å². The largest absolute Gasteiger partial charge is 0.346 e. The van der Waals surface area contributed by atoms with Crippen LogP contribution in [0.25, 0.3) is 0 Å². The number of nitrogens with two attached hydrogens (primary N) is 1. The molecule has 1 fully saturated rings. The molecule has 0 saturated heterocycles. The molecule has 0 atom stereocenters. The second-order valence-corrected chi connectivity index (χ2v) is 4.42. The Kier molecular flexibility index (Phi) is 3.41. The van der Waals surface area contributed by atoms with Gasteiger partial charge < -0.3 is 10.7 Å². The zero-order chi connectivity index (χ0) is 10.7. The van der Waals surface area contributed by atoms with Crippen LogP contribution in [-0.2, 0) is 12.8 Å². The Bertz CT molecular complexity index is 311. The molecule has 2 rings (SSSR count). The number of H-pyrrole nitrogens is 1. The number of aromatic nitrogens is 2. The second kappa shape index (κ2) is 4.79. The maximum absolute atomic E-state index is 5.55. The summed E-state index contributed by atoms with van der Waals surface area (Å²) in [5.41, 5.74) is 8.22. The number of hydrogen-bond donors (Lipinski definition) is 2. The average Bonchev–Trinajstić information content (AvgIpc) is 2.84. The van der Waals surface area contributed by atoms with Crippen LogP contribution in [0, 0.1) is 0 Å². The van der Waals surface area contributed by atoms with Gasteiger partial charge in [0.05, 0.1) is 5.69 Å². The molecule has 1 aliphatic carbocycles. The number of aromatic amines is 1. The van der Waals surface area contributed by atoms with Crippen molar-refractivity contribution in [1.29, 1.82) is 0 Å². The molecule has 0 aromatic carbocycles.